The summed E-state index contributed by atoms with van der Waals surface area (Å²) in [6, 6.07) is 0. The molecule has 0 spiro atoms. The summed E-state index contributed by atoms with van der Waals surface area (Å²) in [5.74, 6) is -0.917. The molecule has 0 aromatic carbocycles. The van der Waals surface area contributed by atoms with Crippen molar-refractivity contribution in [2.24, 2.45) is 0 Å². The number of rotatable bonds is 4. The van der Waals surface area contributed by atoms with Crippen molar-refractivity contribution in [2.45, 2.75) is 24.6 Å². The standard InChI is InChI=1S/C9H10F3NO2S2/c1-3-15-8(14)7(17-9(10,11)12)6-4-16-5(2)13-6/h4,7H,3H2,1-2H3/t7-/m0/s1. The Balaban J connectivity index is 2.90. The number of thioether (sulfide) groups is 1. The third-order valence-corrected chi connectivity index (χ3v) is 3.39. The zero-order valence-electron chi connectivity index (χ0n) is 9.08. The van der Waals surface area contributed by atoms with Gasteiger partial charge in [-0.3, -0.25) is 4.79 Å². The molecule has 17 heavy (non-hydrogen) atoms. The van der Waals surface area contributed by atoms with Crippen molar-refractivity contribution in [3.63, 3.8) is 0 Å². The van der Waals surface area contributed by atoms with E-state index in [1.807, 2.05) is 0 Å². The van der Waals surface area contributed by atoms with Gasteiger partial charge in [-0.25, -0.2) is 4.98 Å². The third kappa shape index (κ3) is 4.55. The van der Waals surface area contributed by atoms with Crippen molar-refractivity contribution in [3.8, 4) is 0 Å². The van der Waals surface area contributed by atoms with E-state index in [-0.39, 0.29) is 12.3 Å². The number of aryl methyl sites for hydroxylation is 1. The second-order valence-corrected chi connectivity index (χ2v) is 5.22. The first-order valence-electron chi connectivity index (χ1n) is 4.66. The Bertz CT molecular complexity index is 392. The minimum atomic E-state index is -4.51. The number of alkyl halides is 3. The van der Waals surface area contributed by atoms with Gasteiger partial charge in [0.05, 0.1) is 17.3 Å². The number of esters is 1. The number of aromatic nitrogens is 1. The molecule has 0 N–H and O–H groups in total. The van der Waals surface area contributed by atoms with Gasteiger partial charge in [0.25, 0.3) is 0 Å². The van der Waals surface area contributed by atoms with Crippen LogP contribution in [0.1, 0.15) is 22.9 Å². The first kappa shape index (κ1) is 14.3. The van der Waals surface area contributed by atoms with Gasteiger partial charge in [-0.1, -0.05) is 0 Å². The Kier molecular flexibility index (Phi) is 4.81. The van der Waals surface area contributed by atoms with Crippen LogP contribution in [0.15, 0.2) is 5.38 Å². The van der Waals surface area contributed by atoms with Crippen molar-refractivity contribution in [3.05, 3.63) is 16.1 Å². The van der Waals surface area contributed by atoms with Crippen LogP contribution in [-0.4, -0.2) is 23.1 Å². The predicted molar refractivity (Wildman–Crippen MR) is 59.9 cm³/mol. The quantitative estimate of drug-likeness (QED) is 0.796. The molecule has 96 valence electrons. The van der Waals surface area contributed by atoms with Crippen LogP contribution in [0.3, 0.4) is 0 Å². The fourth-order valence-electron chi connectivity index (χ4n) is 1.08. The molecule has 0 amide bonds. The molecule has 0 bridgehead atoms. The topological polar surface area (TPSA) is 39.2 Å². The molecular weight excluding hydrogens is 275 g/mol. The molecule has 1 rings (SSSR count). The number of thiazole rings is 1. The molecule has 0 fully saturated rings. The van der Waals surface area contributed by atoms with Gasteiger partial charge >= 0.3 is 11.5 Å². The van der Waals surface area contributed by atoms with Gasteiger partial charge in [0.15, 0.2) is 5.25 Å². The Morgan fingerprint density at radius 1 is 1.65 bits per heavy atom. The minimum absolute atomic E-state index is 0.0386. The van der Waals surface area contributed by atoms with Gasteiger partial charge in [-0.05, 0) is 25.6 Å². The van der Waals surface area contributed by atoms with Crippen LogP contribution < -0.4 is 0 Å². The SMILES string of the molecule is CCOC(=O)[C@@H](SC(F)(F)F)c1csc(C)n1. The lowest BCUT2D eigenvalue weighted by molar-refractivity contribution is -0.143. The van der Waals surface area contributed by atoms with Crippen LogP contribution in [-0.2, 0) is 9.53 Å². The lowest BCUT2D eigenvalue weighted by Crippen LogP contribution is -2.17. The van der Waals surface area contributed by atoms with E-state index in [2.05, 4.69) is 9.72 Å². The lowest BCUT2D eigenvalue weighted by atomic mass is 10.3. The Morgan fingerprint density at radius 2 is 2.29 bits per heavy atom. The van der Waals surface area contributed by atoms with Crippen molar-refractivity contribution in [1.29, 1.82) is 0 Å². The van der Waals surface area contributed by atoms with Crippen LogP contribution in [0.5, 0.6) is 0 Å². The number of ether oxygens (including phenoxy) is 1. The molecular formula is C9H10F3NO2S2. The van der Waals surface area contributed by atoms with Crippen LogP contribution in [0, 0.1) is 6.92 Å². The number of hydrogen-bond donors (Lipinski definition) is 0. The Hall–Kier alpha value is -0.760. The fourth-order valence-corrected chi connectivity index (χ4v) is 2.48. The second kappa shape index (κ2) is 5.72. The third-order valence-electron chi connectivity index (χ3n) is 1.66. The molecule has 3 nitrogen and oxygen atoms in total. The zero-order valence-corrected chi connectivity index (χ0v) is 10.7. The molecule has 0 saturated carbocycles. The van der Waals surface area contributed by atoms with Crippen molar-refractivity contribution < 1.29 is 22.7 Å². The van der Waals surface area contributed by atoms with Crippen LogP contribution in [0.25, 0.3) is 0 Å². The highest BCUT2D eigenvalue weighted by atomic mass is 32.2. The van der Waals surface area contributed by atoms with Gasteiger partial charge in [0.2, 0.25) is 0 Å². The van der Waals surface area contributed by atoms with E-state index in [0.29, 0.717) is 5.01 Å². The molecule has 1 aromatic heterocycles. The summed E-state index contributed by atoms with van der Waals surface area (Å²) < 4.78 is 41.6. The molecule has 0 aliphatic carbocycles. The summed E-state index contributed by atoms with van der Waals surface area (Å²) >= 11 is 0.781. The molecule has 8 heteroatoms. The monoisotopic (exact) mass is 285 g/mol. The van der Waals surface area contributed by atoms with Gasteiger partial charge in [-0.2, -0.15) is 13.2 Å². The highest BCUT2D eigenvalue weighted by molar-refractivity contribution is 8.01. The Morgan fingerprint density at radius 3 is 2.71 bits per heavy atom. The lowest BCUT2D eigenvalue weighted by Gasteiger charge is -2.14. The molecule has 0 aliphatic rings. The predicted octanol–water partition coefficient (Wildman–Crippen LogP) is 3.31. The highest BCUT2D eigenvalue weighted by Gasteiger charge is 2.39. The summed E-state index contributed by atoms with van der Waals surface area (Å²) in [5.41, 5.74) is -4.41. The number of nitrogens with zero attached hydrogens (tertiary/aromatic N) is 1. The largest absolute Gasteiger partial charge is 0.465 e. The maximum atomic E-state index is 12.3. The van der Waals surface area contributed by atoms with Gasteiger partial charge in [0.1, 0.15) is 0 Å². The molecule has 1 heterocycles. The summed E-state index contributed by atoms with van der Waals surface area (Å²) in [7, 11) is 0. The number of halogens is 3. The van der Waals surface area contributed by atoms with Crippen LogP contribution >= 0.6 is 23.1 Å². The van der Waals surface area contributed by atoms with E-state index in [9.17, 15) is 18.0 Å². The molecule has 0 aliphatic heterocycles. The molecule has 0 unspecified atom stereocenters. The maximum Gasteiger partial charge on any atom is 0.443 e. The highest BCUT2D eigenvalue weighted by Crippen LogP contribution is 2.42. The van der Waals surface area contributed by atoms with E-state index < -0.39 is 28.5 Å². The molecule has 0 radical (unpaired) electrons. The first-order chi connectivity index (χ1) is 7.83. The normalized spacial score (nSPS) is 13.5. The van der Waals surface area contributed by atoms with E-state index in [1.165, 1.54) is 16.7 Å². The number of carbonyl (C=O) groups excluding carboxylic acids is 1. The van der Waals surface area contributed by atoms with Gasteiger partial charge in [0, 0.05) is 5.38 Å². The van der Waals surface area contributed by atoms with E-state index in [4.69, 9.17) is 0 Å². The van der Waals surface area contributed by atoms with Crippen molar-refractivity contribution in [1.82, 2.24) is 4.98 Å². The first-order valence-corrected chi connectivity index (χ1v) is 6.42. The van der Waals surface area contributed by atoms with E-state index in [0.717, 1.165) is 0 Å². The summed E-state index contributed by atoms with van der Waals surface area (Å²) in [6.07, 6.45) is 0. The van der Waals surface area contributed by atoms with E-state index in [1.54, 1.807) is 13.8 Å². The maximum absolute atomic E-state index is 12.3. The number of hydrogen-bond acceptors (Lipinski definition) is 5. The van der Waals surface area contributed by atoms with Crippen LogP contribution in [0.2, 0.25) is 0 Å². The van der Waals surface area contributed by atoms with Crippen molar-refractivity contribution in [2.75, 3.05) is 6.61 Å². The zero-order chi connectivity index (χ0) is 13.1. The van der Waals surface area contributed by atoms with Gasteiger partial charge in [-0.15, -0.1) is 11.3 Å². The molecule has 0 saturated heterocycles. The Labute approximate surface area is 104 Å². The van der Waals surface area contributed by atoms with Gasteiger partial charge < -0.3 is 4.74 Å². The average molecular weight is 285 g/mol. The fraction of sp³-hybridized carbons (Fsp3) is 0.556. The van der Waals surface area contributed by atoms with E-state index >= 15 is 0 Å². The van der Waals surface area contributed by atoms with Crippen LogP contribution in [0.4, 0.5) is 13.2 Å². The number of carbonyl (C=O) groups is 1. The summed E-state index contributed by atoms with van der Waals surface area (Å²) in [6.45, 7) is 3.24. The second-order valence-electron chi connectivity index (χ2n) is 2.99. The smallest absolute Gasteiger partial charge is 0.443 e. The van der Waals surface area contributed by atoms with Crippen molar-refractivity contribution >= 4 is 29.1 Å². The minimum Gasteiger partial charge on any atom is -0.465 e. The molecule has 1 aromatic rings. The summed E-state index contributed by atoms with van der Waals surface area (Å²) in [4.78, 5) is 15.3. The summed E-state index contributed by atoms with van der Waals surface area (Å²) in [5, 5.41) is 0.604. The molecule has 1 atom stereocenters. The average Bonchev–Trinajstić information content (AvgIpc) is 2.60.